The standard InChI is InChI=1S/C14H19BrN2O2/c1-4-7-17(11(3)18)9-14(19)16-13-6-5-10(2)8-12(13)15/h5-6,8H,4,7,9H2,1-3H3,(H,16,19). The lowest BCUT2D eigenvalue weighted by Gasteiger charge is -2.19. The first-order valence-electron chi connectivity index (χ1n) is 6.25. The van der Waals surface area contributed by atoms with E-state index in [9.17, 15) is 9.59 Å². The van der Waals surface area contributed by atoms with Gasteiger partial charge in [0.15, 0.2) is 0 Å². The smallest absolute Gasteiger partial charge is 0.244 e. The van der Waals surface area contributed by atoms with Crippen LogP contribution < -0.4 is 5.32 Å². The zero-order chi connectivity index (χ0) is 14.4. The van der Waals surface area contributed by atoms with Gasteiger partial charge in [0.05, 0.1) is 12.2 Å². The molecule has 0 aliphatic heterocycles. The van der Waals surface area contributed by atoms with Gasteiger partial charge < -0.3 is 10.2 Å². The Labute approximate surface area is 122 Å². The van der Waals surface area contributed by atoms with Gasteiger partial charge in [-0.1, -0.05) is 13.0 Å². The third-order valence-corrected chi connectivity index (χ3v) is 3.33. The average Bonchev–Trinajstić information content (AvgIpc) is 2.32. The Hall–Kier alpha value is -1.36. The van der Waals surface area contributed by atoms with Crippen LogP contribution >= 0.6 is 15.9 Å². The molecule has 0 fully saturated rings. The molecule has 0 atom stereocenters. The maximum atomic E-state index is 11.9. The molecule has 0 bridgehead atoms. The van der Waals surface area contributed by atoms with Gasteiger partial charge in [-0.25, -0.2) is 0 Å². The van der Waals surface area contributed by atoms with Gasteiger partial charge in [0.25, 0.3) is 0 Å². The van der Waals surface area contributed by atoms with Gasteiger partial charge in [0, 0.05) is 17.9 Å². The lowest BCUT2D eigenvalue weighted by atomic mass is 10.2. The number of carbonyl (C=O) groups is 2. The number of anilines is 1. The minimum Gasteiger partial charge on any atom is -0.334 e. The molecule has 0 unspecified atom stereocenters. The van der Waals surface area contributed by atoms with Gasteiger partial charge in [-0.3, -0.25) is 9.59 Å². The number of hydrogen-bond acceptors (Lipinski definition) is 2. The average molecular weight is 327 g/mol. The number of nitrogens with one attached hydrogen (secondary N) is 1. The van der Waals surface area contributed by atoms with Crippen LogP contribution in [-0.2, 0) is 9.59 Å². The topological polar surface area (TPSA) is 49.4 Å². The highest BCUT2D eigenvalue weighted by atomic mass is 79.9. The summed E-state index contributed by atoms with van der Waals surface area (Å²) < 4.78 is 0.839. The molecule has 5 heteroatoms. The van der Waals surface area contributed by atoms with E-state index < -0.39 is 0 Å². The van der Waals surface area contributed by atoms with Crippen molar-refractivity contribution < 1.29 is 9.59 Å². The number of nitrogens with zero attached hydrogens (tertiary/aromatic N) is 1. The van der Waals surface area contributed by atoms with Crippen molar-refractivity contribution in [2.45, 2.75) is 27.2 Å². The Balaban J connectivity index is 2.66. The lowest BCUT2D eigenvalue weighted by Crippen LogP contribution is -2.37. The van der Waals surface area contributed by atoms with Crippen molar-refractivity contribution in [2.75, 3.05) is 18.4 Å². The SMILES string of the molecule is CCCN(CC(=O)Nc1ccc(C)cc1Br)C(C)=O. The van der Waals surface area contributed by atoms with E-state index in [-0.39, 0.29) is 18.4 Å². The van der Waals surface area contributed by atoms with Crippen molar-refractivity contribution in [1.82, 2.24) is 4.90 Å². The fraction of sp³-hybridized carbons (Fsp3) is 0.429. The van der Waals surface area contributed by atoms with Gasteiger partial charge in [-0.2, -0.15) is 0 Å². The minimum absolute atomic E-state index is 0.0834. The van der Waals surface area contributed by atoms with Crippen LogP contribution in [0.2, 0.25) is 0 Å². The van der Waals surface area contributed by atoms with E-state index in [0.717, 1.165) is 22.1 Å². The second-order valence-electron chi connectivity index (χ2n) is 4.47. The van der Waals surface area contributed by atoms with Crippen LogP contribution in [0.25, 0.3) is 0 Å². The molecule has 2 amide bonds. The molecule has 1 rings (SSSR count). The summed E-state index contributed by atoms with van der Waals surface area (Å²) in [5, 5.41) is 2.80. The van der Waals surface area contributed by atoms with Crippen LogP contribution in [0, 0.1) is 6.92 Å². The maximum absolute atomic E-state index is 11.9. The van der Waals surface area contributed by atoms with Crippen LogP contribution in [0.15, 0.2) is 22.7 Å². The first-order valence-corrected chi connectivity index (χ1v) is 7.04. The summed E-state index contributed by atoms with van der Waals surface area (Å²) >= 11 is 3.41. The summed E-state index contributed by atoms with van der Waals surface area (Å²) in [7, 11) is 0. The van der Waals surface area contributed by atoms with Crippen LogP contribution in [0.5, 0.6) is 0 Å². The highest BCUT2D eigenvalue weighted by molar-refractivity contribution is 9.10. The fourth-order valence-electron chi connectivity index (χ4n) is 1.70. The lowest BCUT2D eigenvalue weighted by molar-refractivity contribution is -0.132. The van der Waals surface area contributed by atoms with Gasteiger partial charge in [0.2, 0.25) is 11.8 Å². The third kappa shape index (κ3) is 5.03. The van der Waals surface area contributed by atoms with Crippen molar-refractivity contribution in [1.29, 1.82) is 0 Å². The quantitative estimate of drug-likeness (QED) is 0.904. The van der Waals surface area contributed by atoms with Crippen molar-refractivity contribution in [3.05, 3.63) is 28.2 Å². The van der Waals surface area contributed by atoms with Gasteiger partial charge in [-0.15, -0.1) is 0 Å². The predicted molar refractivity (Wildman–Crippen MR) is 80.1 cm³/mol. The fourth-order valence-corrected chi connectivity index (χ4v) is 2.29. The molecule has 0 spiro atoms. The molecule has 0 radical (unpaired) electrons. The van der Waals surface area contributed by atoms with E-state index in [1.807, 2.05) is 32.0 Å². The molecule has 0 aromatic heterocycles. The van der Waals surface area contributed by atoms with E-state index in [2.05, 4.69) is 21.2 Å². The monoisotopic (exact) mass is 326 g/mol. The molecule has 1 N–H and O–H groups in total. The van der Waals surface area contributed by atoms with Crippen LogP contribution in [0.1, 0.15) is 25.8 Å². The Morgan fingerprint density at radius 3 is 2.58 bits per heavy atom. The number of aryl methyl sites for hydroxylation is 1. The Bertz CT molecular complexity index is 475. The minimum atomic E-state index is -0.187. The Morgan fingerprint density at radius 1 is 1.37 bits per heavy atom. The normalized spacial score (nSPS) is 10.1. The zero-order valence-corrected chi connectivity index (χ0v) is 13.1. The van der Waals surface area contributed by atoms with Crippen molar-refractivity contribution in [3.8, 4) is 0 Å². The zero-order valence-electron chi connectivity index (χ0n) is 11.5. The molecular formula is C14H19BrN2O2. The molecule has 0 saturated carbocycles. The first-order chi connectivity index (χ1) is 8.93. The van der Waals surface area contributed by atoms with Crippen molar-refractivity contribution in [2.24, 2.45) is 0 Å². The largest absolute Gasteiger partial charge is 0.334 e. The van der Waals surface area contributed by atoms with Crippen LogP contribution in [0.4, 0.5) is 5.69 Å². The van der Waals surface area contributed by atoms with Gasteiger partial charge >= 0.3 is 0 Å². The molecule has 19 heavy (non-hydrogen) atoms. The highest BCUT2D eigenvalue weighted by Gasteiger charge is 2.13. The molecule has 1 aromatic rings. The molecule has 0 saturated heterocycles. The molecule has 104 valence electrons. The molecule has 4 nitrogen and oxygen atoms in total. The summed E-state index contributed by atoms with van der Waals surface area (Å²) in [5.74, 6) is -0.270. The van der Waals surface area contributed by atoms with E-state index in [0.29, 0.717) is 6.54 Å². The number of amides is 2. The first kappa shape index (κ1) is 15.7. The number of hydrogen-bond donors (Lipinski definition) is 1. The summed E-state index contributed by atoms with van der Waals surface area (Å²) in [6.45, 7) is 6.12. The van der Waals surface area contributed by atoms with E-state index in [4.69, 9.17) is 0 Å². The maximum Gasteiger partial charge on any atom is 0.244 e. The van der Waals surface area contributed by atoms with E-state index in [1.54, 1.807) is 0 Å². The number of halogens is 1. The summed E-state index contributed by atoms with van der Waals surface area (Å²) in [5.41, 5.74) is 1.83. The highest BCUT2D eigenvalue weighted by Crippen LogP contribution is 2.23. The van der Waals surface area contributed by atoms with Crippen LogP contribution in [-0.4, -0.2) is 29.8 Å². The van der Waals surface area contributed by atoms with E-state index in [1.165, 1.54) is 11.8 Å². The second-order valence-corrected chi connectivity index (χ2v) is 5.33. The third-order valence-electron chi connectivity index (χ3n) is 2.67. The number of benzene rings is 1. The van der Waals surface area contributed by atoms with Crippen molar-refractivity contribution in [3.63, 3.8) is 0 Å². The predicted octanol–water partition coefficient (Wildman–Crippen LogP) is 2.95. The summed E-state index contributed by atoms with van der Waals surface area (Å²) in [6.07, 6.45) is 0.834. The Kier molecular flexibility index (Phi) is 6.02. The molecular weight excluding hydrogens is 308 g/mol. The molecule has 0 aliphatic rings. The van der Waals surface area contributed by atoms with Crippen molar-refractivity contribution >= 4 is 33.4 Å². The molecule has 1 aromatic carbocycles. The molecule has 0 heterocycles. The Morgan fingerprint density at radius 2 is 2.05 bits per heavy atom. The van der Waals surface area contributed by atoms with E-state index >= 15 is 0 Å². The second kappa shape index (κ2) is 7.28. The summed E-state index contributed by atoms with van der Waals surface area (Å²) in [4.78, 5) is 24.8. The van der Waals surface area contributed by atoms with Gasteiger partial charge in [-0.05, 0) is 47.0 Å². The number of carbonyl (C=O) groups excluding carboxylic acids is 2. The number of rotatable bonds is 5. The van der Waals surface area contributed by atoms with Gasteiger partial charge in [0.1, 0.15) is 0 Å². The molecule has 0 aliphatic carbocycles. The van der Waals surface area contributed by atoms with Crippen LogP contribution in [0.3, 0.4) is 0 Å². The summed E-state index contributed by atoms with van der Waals surface area (Å²) in [6, 6.07) is 5.70.